The summed E-state index contributed by atoms with van der Waals surface area (Å²) in [5.74, 6) is 0.754. The van der Waals surface area contributed by atoms with E-state index in [4.69, 9.17) is 19.1 Å². The largest absolute Gasteiger partial charge is 0.495 e. The topological polar surface area (TPSA) is 81.1 Å². The molecule has 6 rings (SSSR count). The van der Waals surface area contributed by atoms with Crippen molar-refractivity contribution >= 4 is 30.1 Å². The predicted molar refractivity (Wildman–Crippen MR) is 152 cm³/mol. The lowest BCUT2D eigenvalue weighted by atomic mass is 9.74. The minimum absolute atomic E-state index is 0.0844. The molecule has 2 fully saturated rings. The summed E-state index contributed by atoms with van der Waals surface area (Å²) in [6.45, 7) is 10.8. The standard InChI is InChI=1S/C29H40BF2N5O4/c1-28(2)29(3,4)41-30(40-28)22-15-18-7-6-11-36(24(18)16-20(22)25(31)32)26-21-17-35(27(38)33-5)12-8-23(21)37(34-26)19-9-13-39-14-10-19/h15-16,19,25H,6-14,17H2,1-5H3,(H,33,38). The van der Waals surface area contributed by atoms with Crippen molar-refractivity contribution in [2.75, 3.05) is 38.3 Å². The lowest BCUT2D eigenvalue weighted by molar-refractivity contribution is 0.00578. The highest BCUT2D eigenvalue weighted by Crippen LogP contribution is 2.42. The van der Waals surface area contributed by atoms with Crippen LogP contribution in [0.4, 0.5) is 25.1 Å². The van der Waals surface area contributed by atoms with E-state index in [2.05, 4.69) is 14.9 Å². The molecule has 222 valence electrons. The Labute approximate surface area is 240 Å². The molecule has 1 aromatic heterocycles. The van der Waals surface area contributed by atoms with E-state index in [1.807, 2.05) is 33.8 Å². The maximum atomic E-state index is 14.7. The van der Waals surface area contributed by atoms with Crippen molar-refractivity contribution in [1.82, 2.24) is 20.0 Å². The van der Waals surface area contributed by atoms with E-state index in [0.717, 1.165) is 54.0 Å². The number of nitrogens with one attached hydrogen (secondary N) is 1. The van der Waals surface area contributed by atoms with E-state index in [1.165, 1.54) is 0 Å². The molecule has 0 bridgehead atoms. The van der Waals surface area contributed by atoms with Crippen molar-refractivity contribution < 1.29 is 27.6 Å². The van der Waals surface area contributed by atoms with Crippen LogP contribution in [0.1, 0.15) is 81.8 Å². The third-order valence-corrected chi connectivity index (χ3v) is 9.50. The molecule has 0 spiro atoms. The molecule has 1 aromatic carbocycles. The number of carbonyl (C=O) groups is 1. The maximum absolute atomic E-state index is 14.7. The van der Waals surface area contributed by atoms with Crippen molar-refractivity contribution in [3.05, 3.63) is 34.5 Å². The lowest BCUT2D eigenvalue weighted by Gasteiger charge is -2.33. The van der Waals surface area contributed by atoms with E-state index in [0.29, 0.717) is 44.7 Å². The monoisotopic (exact) mass is 571 g/mol. The Morgan fingerprint density at radius 1 is 1.10 bits per heavy atom. The zero-order valence-electron chi connectivity index (χ0n) is 24.6. The summed E-state index contributed by atoms with van der Waals surface area (Å²) in [6, 6.07) is 3.54. The normalized spacial score (nSPS) is 22.2. The van der Waals surface area contributed by atoms with Crippen LogP contribution in [0.2, 0.25) is 0 Å². The van der Waals surface area contributed by atoms with Crippen LogP contribution in [0.25, 0.3) is 0 Å². The second-order valence-electron chi connectivity index (χ2n) is 12.5. The van der Waals surface area contributed by atoms with Gasteiger partial charge in [-0.2, -0.15) is 5.10 Å². The Balaban J connectivity index is 1.43. The fraction of sp³-hybridized carbons (Fsp3) is 0.655. The van der Waals surface area contributed by atoms with Gasteiger partial charge < -0.3 is 29.2 Å². The first kappa shape index (κ1) is 28.4. The number of benzene rings is 1. The number of aryl methyl sites for hydroxylation is 1. The van der Waals surface area contributed by atoms with Gasteiger partial charge in [-0.05, 0) is 70.5 Å². The highest BCUT2D eigenvalue weighted by atomic mass is 19.3. The first-order valence-corrected chi connectivity index (χ1v) is 14.7. The van der Waals surface area contributed by atoms with Crippen molar-refractivity contribution in [3.8, 4) is 0 Å². The summed E-state index contributed by atoms with van der Waals surface area (Å²) in [5, 5.41) is 7.90. The predicted octanol–water partition coefficient (Wildman–Crippen LogP) is 4.25. The zero-order chi connectivity index (χ0) is 29.1. The van der Waals surface area contributed by atoms with Crippen LogP contribution in [0.3, 0.4) is 0 Å². The minimum Gasteiger partial charge on any atom is -0.399 e. The zero-order valence-corrected chi connectivity index (χ0v) is 24.6. The molecule has 12 heteroatoms. The van der Waals surface area contributed by atoms with Crippen LogP contribution in [0.15, 0.2) is 12.1 Å². The number of fused-ring (bicyclic) bond motifs is 2. The quantitative estimate of drug-likeness (QED) is 0.553. The molecule has 2 amide bonds. The van der Waals surface area contributed by atoms with E-state index < -0.39 is 24.7 Å². The van der Waals surface area contributed by atoms with E-state index in [-0.39, 0.29) is 17.6 Å². The maximum Gasteiger partial charge on any atom is 0.495 e. The summed E-state index contributed by atoms with van der Waals surface area (Å²) < 4.78 is 49.4. The van der Waals surface area contributed by atoms with E-state index in [9.17, 15) is 13.6 Å². The van der Waals surface area contributed by atoms with Crippen LogP contribution >= 0.6 is 0 Å². The number of ether oxygens (including phenoxy) is 1. The van der Waals surface area contributed by atoms with Crippen LogP contribution in [-0.2, 0) is 33.4 Å². The van der Waals surface area contributed by atoms with Crippen molar-refractivity contribution in [3.63, 3.8) is 0 Å². The van der Waals surface area contributed by atoms with Gasteiger partial charge in [0.05, 0.1) is 23.8 Å². The van der Waals surface area contributed by atoms with Gasteiger partial charge in [-0.15, -0.1) is 0 Å². The number of hydrogen-bond acceptors (Lipinski definition) is 6. The molecule has 5 heterocycles. The van der Waals surface area contributed by atoms with Crippen LogP contribution in [0.5, 0.6) is 0 Å². The molecule has 1 N–H and O–H groups in total. The first-order chi connectivity index (χ1) is 19.5. The lowest BCUT2D eigenvalue weighted by Crippen LogP contribution is -2.42. The molecular weight excluding hydrogens is 531 g/mol. The Kier molecular flexibility index (Phi) is 7.31. The third kappa shape index (κ3) is 4.91. The Hall–Kier alpha value is -2.70. The first-order valence-electron chi connectivity index (χ1n) is 14.7. The van der Waals surface area contributed by atoms with Gasteiger partial charge >= 0.3 is 13.1 Å². The second-order valence-corrected chi connectivity index (χ2v) is 12.5. The summed E-state index contributed by atoms with van der Waals surface area (Å²) >= 11 is 0. The Morgan fingerprint density at radius 3 is 2.46 bits per heavy atom. The highest BCUT2D eigenvalue weighted by molar-refractivity contribution is 6.62. The number of nitrogens with zero attached hydrogens (tertiary/aromatic N) is 4. The molecular formula is C29H40BF2N5O4. The molecule has 0 saturated carbocycles. The average molecular weight is 571 g/mol. The number of halogens is 2. The fourth-order valence-electron chi connectivity index (χ4n) is 6.46. The summed E-state index contributed by atoms with van der Waals surface area (Å²) in [4.78, 5) is 16.5. The molecule has 9 nitrogen and oxygen atoms in total. The van der Waals surface area contributed by atoms with Crippen LogP contribution < -0.4 is 15.7 Å². The van der Waals surface area contributed by atoms with Crippen molar-refractivity contribution in [2.45, 2.75) is 90.0 Å². The summed E-state index contributed by atoms with van der Waals surface area (Å²) in [5.41, 5.74) is 2.87. The number of amides is 2. The molecule has 4 aliphatic heterocycles. The minimum atomic E-state index is -2.70. The second kappa shape index (κ2) is 10.5. The highest BCUT2D eigenvalue weighted by Gasteiger charge is 2.53. The Bertz CT molecular complexity index is 1310. The number of anilines is 2. The SMILES string of the molecule is CNC(=O)N1CCc2c(c(N3CCCc4cc(B5OC(C)(C)C(C)(C)O5)c(C(F)F)cc43)nn2C2CCOCC2)C1. The number of alkyl halides is 2. The molecule has 4 aliphatic rings. The molecule has 41 heavy (non-hydrogen) atoms. The Morgan fingerprint density at radius 2 is 1.80 bits per heavy atom. The van der Waals surface area contributed by atoms with Gasteiger partial charge in [0.15, 0.2) is 5.82 Å². The van der Waals surface area contributed by atoms with Gasteiger partial charge in [0.25, 0.3) is 6.43 Å². The van der Waals surface area contributed by atoms with Gasteiger partial charge in [-0.3, -0.25) is 4.68 Å². The van der Waals surface area contributed by atoms with Crippen molar-refractivity contribution in [1.29, 1.82) is 0 Å². The molecule has 0 radical (unpaired) electrons. The van der Waals surface area contributed by atoms with Gasteiger partial charge in [0.2, 0.25) is 0 Å². The molecule has 2 aromatic rings. The van der Waals surface area contributed by atoms with Gasteiger partial charge in [-0.25, -0.2) is 13.6 Å². The number of carbonyl (C=O) groups excluding carboxylic acids is 1. The fourth-order valence-corrected chi connectivity index (χ4v) is 6.46. The number of urea groups is 1. The third-order valence-electron chi connectivity index (χ3n) is 9.50. The van der Waals surface area contributed by atoms with Crippen LogP contribution in [-0.4, -0.2) is 72.4 Å². The van der Waals surface area contributed by atoms with Crippen molar-refractivity contribution in [2.24, 2.45) is 0 Å². The summed E-state index contributed by atoms with van der Waals surface area (Å²) in [7, 11) is 0.764. The molecule has 0 atom stereocenters. The number of hydrogen-bond donors (Lipinski definition) is 1. The van der Waals surface area contributed by atoms with Gasteiger partial charge in [-0.1, -0.05) is 6.07 Å². The van der Waals surface area contributed by atoms with E-state index >= 15 is 0 Å². The molecule has 0 aliphatic carbocycles. The van der Waals surface area contributed by atoms with Gasteiger partial charge in [0, 0.05) is 62.3 Å². The number of rotatable bonds is 4. The van der Waals surface area contributed by atoms with Crippen LogP contribution in [0, 0.1) is 0 Å². The van der Waals surface area contributed by atoms with Gasteiger partial charge in [0.1, 0.15) is 0 Å². The average Bonchev–Trinajstić information content (AvgIpc) is 3.44. The molecule has 0 unspecified atom stereocenters. The summed E-state index contributed by atoms with van der Waals surface area (Å²) in [6.07, 6.45) is 1.34. The van der Waals surface area contributed by atoms with E-state index in [1.54, 1.807) is 18.0 Å². The molecule has 2 saturated heterocycles. The number of aromatic nitrogens is 2. The smallest absolute Gasteiger partial charge is 0.399 e.